The van der Waals surface area contributed by atoms with E-state index in [1.807, 2.05) is 56.3 Å². The van der Waals surface area contributed by atoms with Gasteiger partial charge in [-0.3, -0.25) is 9.59 Å². The average Bonchev–Trinajstić information content (AvgIpc) is 4.13. The molecule has 4 amide bonds. The predicted octanol–water partition coefficient (Wildman–Crippen LogP) is 7.90. The predicted molar refractivity (Wildman–Crippen MR) is 231 cm³/mol. The number of fused-ring (bicyclic) bond motifs is 4. The van der Waals surface area contributed by atoms with E-state index in [4.69, 9.17) is 19.4 Å². The minimum absolute atomic E-state index is 0.204. The van der Waals surface area contributed by atoms with Gasteiger partial charge in [-0.2, -0.15) is 0 Å². The zero-order valence-electron chi connectivity index (χ0n) is 34.7. The highest BCUT2D eigenvalue weighted by molar-refractivity contribution is 5.91. The van der Waals surface area contributed by atoms with Gasteiger partial charge in [-0.25, -0.2) is 19.6 Å². The molecule has 3 aliphatic heterocycles. The van der Waals surface area contributed by atoms with Crippen LogP contribution in [0.1, 0.15) is 80.6 Å². The standard InChI is InChI=1S/C47H48N8O7/c1-26(2)39(52-46(58)59)44(56)55-20-8-12-37(55)43-50-35-25-62-38-23-31(17-18-33(38)41(35)51-43)29-13-14-30-22-32(16-15-28(30)21-29)34-24-48-42(49-34)36-11-7-19-54(36)45(57)40(53-47(60)61-3)27-9-5-4-6-10-27/h4-6,9-10,13-18,21-24,26,36-37,39-40,52H,7-8,11-12,19-20,25H2,1-3H3,(H,48,49)(H,50,51)(H,53,60)(H,58,59)/t36-,37-,39-,40+/m0/s1. The SMILES string of the molecule is COC(=O)N[C@@H](C(=O)N1CCC[C@H]1c1ncc(-c2ccc3cc(-c4ccc5c(c4)OCc4[nH]c([C@@H]6CCCN6C(=O)[C@@H](NC(=O)O)C(C)C)nc4-5)ccc3c2)[nH]1)c1ccccc1. The summed E-state index contributed by atoms with van der Waals surface area (Å²) in [5, 5.41) is 16.6. The molecule has 9 rings (SSSR count). The molecule has 0 unspecified atom stereocenters. The number of imidazole rings is 2. The number of carbonyl (C=O) groups excluding carboxylic acids is 3. The molecule has 5 N–H and O–H groups in total. The van der Waals surface area contributed by atoms with Crippen LogP contribution in [0, 0.1) is 5.92 Å². The number of carbonyl (C=O) groups is 4. The van der Waals surface area contributed by atoms with Crippen LogP contribution >= 0.6 is 0 Å². The Morgan fingerprint density at radius 1 is 0.806 bits per heavy atom. The monoisotopic (exact) mass is 836 g/mol. The van der Waals surface area contributed by atoms with Gasteiger partial charge in [-0.05, 0) is 83.3 Å². The summed E-state index contributed by atoms with van der Waals surface area (Å²) in [6.07, 6.45) is 2.99. The summed E-state index contributed by atoms with van der Waals surface area (Å²) < 4.78 is 11.1. The lowest BCUT2D eigenvalue weighted by Gasteiger charge is -2.29. The molecule has 318 valence electrons. The maximum atomic E-state index is 14.0. The fourth-order valence-corrected chi connectivity index (χ4v) is 9.06. The molecule has 15 heteroatoms. The number of likely N-dealkylation sites (tertiary alicyclic amines) is 2. The van der Waals surface area contributed by atoms with Crippen molar-refractivity contribution in [2.45, 2.75) is 70.3 Å². The van der Waals surface area contributed by atoms with E-state index in [1.54, 1.807) is 16.0 Å². The number of rotatable bonds is 10. The maximum absolute atomic E-state index is 14.0. The number of aromatic nitrogens is 4. The van der Waals surface area contributed by atoms with Crippen LogP contribution in [-0.4, -0.2) is 85.1 Å². The number of benzene rings is 4. The topological polar surface area (TPSA) is 195 Å². The molecule has 0 bridgehead atoms. The molecule has 0 radical (unpaired) electrons. The maximum Gasteiger partial charge on any atom is 0.407 e. The van der Waals surface area contributed by atoms with Crippen LogP contribution < -0.4 is 15.4 Å². The van der Waals surface area contributed by atoms with Crippen molar-refractivity contribution < 1.29 is 33.8 Å². The summed E-state index contributed by atoms with van der Waals surface area (Å²) in [7, 11) is 1.28. The normalized spacial score (nSPS) is 17.9. The molecule has 2 fully saturated rings. The second kappa shape index (κ2) is 16.7. The molecular weight excluding hydrogens is 789 g/mol. The van der Waals surface area contributed by atoms with E-state index in [-0.39, 0.29) is 29.8 Å². The number of carboxylic acid groups (broad SMARTS) is 1. The average molecular weight is 837 g/mol. The second-order valence-corrected chi connectivity index (χ2v) is 16.4. The number of amides is 4. The molecule has 5 heterocycles. The van der Waals surface area contributed by atoms with Gasteiger partial charge >= 0.3 is 12.2 Å². The van der Waals surface area contributed by atoms with Gasteiger partial charge in [0.2, 0.25) is 5.91 Å². The van der Waals surface area contributed by atoms with E-state index in [0.29, 0.717) is 36.9 Å². The number of nitrogens with one attached hydrogen (secondary N) is 4. The number of alkyl carbamates (subject to hydrolysis) is 1. The Morgan fingerprint density at radius 3 is 2.18 bits per heavy atom. The molecule has 62 heavy (non-hydrogen) atoms. The Bertz CT molecular complexity index is 2680. The van der Waals surface area contributed by atoms with E-state index in [2.05, 4.69) is 63.1 Å². The first-order chi connectivity index (χ1) is 30.1. The molecule has 0 spiro atoms. The zero-order chi connectivity index (χ0) is 43.1. The first-order valence-electron chi connectivity index (χ1n) is 21.0. The fourth-order valence-electron chi connectivity index (χ4n) is 9.06. The third kappa shape index (κ3) is 7.70. The molecule has 4 atom stereocenters. The molecule has 15 nitrogen and oxygen atoms in total. The number of hydrogen-bond acceptors (Lipinski definition) is 8. The summed E-state index contributed by atoms with van der Waals surface area (Å²) in [4.78, 5) is 71.4. The number of ether oxygens (including phenoxy) is 2. The van der Waals surface area contributed by atoms with Crippen LogP contribution in [0.4, 0.5) is 9.59 Å². The van der Waals surface area contributed by atoms with Crippen LogP contribution in [0.2, 0.25) is 0 Å². The lowest BCUT2D eigenvalue weighted by Crippen LogP contribution is -2.50. The minimum atomic E-state index is -1.22. The number of H-pyrrole nitrogens is 2. The number of methoxy groups -OCH3 is 1. The fraction of sp³-hybridized carbons (Fsp3) is 0.319. The van der Waals surface area contributed by atoms with Crippen molar-refractivity contribution in [2.24, 2.45) is 5.92 Å². The lowest BCUT2D eigenvalue weighted by atomic mass is 9.97. The molecule has 4 aromatic carbocycles. The van der Waals surface area contributed by atoms with Gasteiger partial charge < -0.3 is 45.0 Å². The highest BCUT2D eigenvalue weighted by atomic mass is 16.5. The number of aromatic amines is 2. The summed E-state index contributed by atoms with van der Waals surface area (Å²) >= 11 is 0. The van der Waals surface area contributed by atoms with Crippen molar-refractivity contribution in [3.63, 3.8) is 0 Å². The first-order valence-corrected chi connectivity index (χ1v) is 21.0. The first kappa shape index (κ1) is 40.3. The van der Waals surface area contributed by atoms with Gasteiger partial charge in [-0.1, -0.05) is 74.5 Å². The Morgan fingerprint density at radius 2 is 1.47 bits per heavy atom. The summed E-state index contributed by atoms with van der Waals surface area (Å²) in [6, 6.07) is 25.6. The van der Waals surface area contributed by atoms with Gasteiger partial charge in [0.1, 0.15) is 36.1 Å². The highest BCUT2D eigenvalue weighted by Gasteiger charge is 2.39. The van der Waals surface area contributed by atoms with Gasteiger partial charge in [0.15, 0.2) is 0 Å². The van der Waals surface area contributed by atoms with Crippen LogP contribution in [0.5, 0.6) is 5.75 Å². The lowest BCUT2D eigenvalue weighted by molar-refractivity contribution is -0.135. The Hall–Kier alpha value is -7.16. The van der Waals surface area contributed by atoms with Crippen LogP contribution in [-0.2, 0) is 20.9 Å². The van der Waals surface area contributed by atoms with Crippen molar-refractivity contribution in [2.75, 3.05) is 20.2 Å². The van der Waals surface area contributed by atoms with E-state index in [1.165, 1.54) is 7.11 Å². The van der Waals surface area contributed by atoms with E-state index in [0.717, 1.165) is 81.5 Å². The minimum Gasteiger partial charge on any atom is -0.487 e. The van der Waals surface area contributed by atoms with Gasteiger partial charge in [-0.15, -0.1) is 0 Å². The molecule has 2 aromatic heterocycles. The van der Waals surface area contributed by atoms with Crippen molar-refractivity contribution in [1.29, 1.82) is 0 Å². The molecular formula is C47H48N8O7. The smallest absolute Gasteiger partial charge is 0.407 e. The Kier molecular flexibility index (Phi) is 10.9. The molecule has 0 aliphatic carbocycles. The number of hydrogen-bond donors (Lipinski definition) is 5. The van der Waals surface area contributed by atoms with Gasteiger partial charge in [0.25, 0.3) is 5.91 Å². The van der Waals surface area contributed by atoms with Crippen molar-refractivity contribution in [3.8, 4) is 39.4 Å². The summed E-state index contributed by atoms with van der Waals surface area (Å²) in [6.45, 7) is 5.05. The van der Waals surface area contributed by atoms with Crippen molar-refractivity contribution in [1.82, 2.24) is 40.4 Å². The molecule has 3 aliphatic rings. The van der Waals surface area contributed by atoms with Crippen LogP contribution in [0.15, 0.2) is 91.1 Å². The van der Waals surface area contributed by atoms with E-state index in [9.17, 15) is 24.3 Å². The van der Waals surface area contributed by atoms with Crippen LogP contribution in [0.25, 0.3) is 44.4 Å². The third-order valence-electron chi connectivity index (χ3n) is 12.2. The number of nitrogens with zero attached hydrogens (tertiary/aromatic N) is 4. The van der Waals surface area contributed by atoms with E-state index < -0.39 is 24.3 Å². The second-order valence-electron chi connectivity index (χ2n) is 16.4. The Balaban J connectivity index is 0.909. The van der Waals surface area contributed by atoms with Gasteiger partial charge in [0, 0.05) is 24.2 Å². The molecule has 2 saturated heterocycles. The third-order valence-corrected chi connectivity index (χ3v) is 12.2. The summed E-state index contributed by atoms with van der Waals surface area (Å²) in [5.41, 5.74) is 7.01. The van der Waals surface area contributed by atoms with E-state index >= 15 is 0 Å². The highest BCUT2D eigenvalue weighted by Crippen LogP contribution is 2.42. The van der Waals surface area contributed by atoms with Crippen molar-refractivity contribution in [3.05, 3.63) is 114 Å². The van der Waals surface area contributed by atoms with Gasteiger partial charge in [0.05, 0.1) is 42.5 Å². The Labute approximate surface area is 357 Å². The summed E-state index contributed by atoms with van der Waals surface area (Å²) in [5.74, 6) is 1.43. The molecule has 6 aromatic rings. The zero-order valence-corrected chi connectivity index (χ0v) is 34.7. The largest absolute Gasteiger partial charge is 0.487 e. The molecule has 0 saturated carbocycles. The van der Waals surface area contributed by atoms with Crippen molar-refractivity contribution >= 4 is 34.8 Å². The quantitative estimate of drug-likeness (QED) is 0.0912. The van der Waals surface area contributed by atoms with Crippen LogP contribution in [0.3, 0.4) is 0 Å².